The monoisotopic (exact) mass is 260 g/mol. The van der Waals surface area contributed by atoms with Crippen LogP contribution in [-0.2, 0) is 4.79 Å². The molecule has 1 unspecified atom stereocenters. The molecule has 0 radical (unpaired) electrons. The van der Waals surface area contributed by atoms with Gasteiger partial charge in [0, 0.05) is 12.6 Å². The molecule has 0 aliphatic heterocycles. The van der Waals surface area contributed by atoms with Crippen LogP contribution < -0.4 is 11.1 Å². The highest BCUT2D eigenvalue weighted by atomic mass is 32.2. The quantitative estimate of drug-likeness (QED) is 0.631. The maximum Gasteiger partial charge on any atom is 0.250 e. The van der Waals surface area contributed by atoms with E-state index in [9.17, 15) is 9.90 Å². The summed E-state index contributed by atoms with van der Waals surface area (Å²) < 4.78 is 0. The van der Waals surface area contributed by atoms with Crippen LogP contribution in [0.3, 0.4) is 0 Å². The Hall–Kier alpha value is -0.260. The van der Waals surface area contributed by atoms with Crippen LogP contribution in [0.4, 0.5) is 0 Å². The number of aliphatic hydroxyl groups is 1. The normalized spacial score (nSPS) is 20.2. The summed E-state index contributed by atoms with van der Waals surface area (Å²) in [6.45, 7) is 0.686. The molecule has 1 fully saturated rings. The van der Waals surface area contributed by atoms with Gasteiger partial charge in [0.25, 0.3) is 0 Å². The molecule has 0 saturated heterocycles. The SMILES string of the molecule is CSCC[C@H](N)C(O)C(=O)NCC1CCCC1. The Balaban J connectivity index is 2.20. The molecule has 100 valence electrons. The first-order valence-electron chi connectivity index (χ1n) is 6.35. The van der Waals surface area contributed by atoms with Crippen molar-refractivity contribution in [3.8, 4) is 0 Å². The van der Waals surface area contributed by atoms with Gasteiger partial charge in [0.15, 0.2) is 0 Å². The van der Waals surface area contributed by atoms with Gasteiger partial charge in [0.2, 0.25) is 5.91 Å². The first kappa shape index (κ1) is 14.8. The zero-order chi connectivity index (χ0) is 12.7. The molecule has 2 atom stereocenters. The molecule has 0 bridgehead atoms. The predicted octanol–water partition coefficient (Wildman–Crippen LogP) is 0.734. The van der Waals surface area contributed by atoms with E-state index in [1.807, 2.05) is 6.26 Å². The van der Waals surface area contributed by atoms with Gasteiger partial charge < -0.3 is 16.2 Å². The fourth-order valence-corrected chi connectivity index (χ4v) is 2.68. The van der Waals surface area contributed by atoms with E-state index in [2.05, 4.69) is 5.32 Å². The molecule has 1 aliphatic rings. The molecule has 0 aromatic heterocycles. The Morgan fingerprint density at radius 3 is 2.76 bits per heavy atom. The predicted molar refractivity (Wildman–Crippen MR) is 71.9 cm³/mol. The van der Waals surface area contributed by atoms with Crippen molar-refractivity contribution in [1.82, 2.24) is 5.32 Å². The van der Waals surface area contributed by atoms with Gasteiger partial charge in [-0.2, -0.15) is 11.8 Å². The van der Waals surface area contributed by atoms with E-state index in [0.29, 0.717) is 18.9 Å². The lowest BCUT2D eigenvalue weighted by molar-refractivity contribution is -0.130. The van der Waals surface area contributed by atoms with Crippen molar-refractivity contribution in [3.63, 3.8) is 0 Å². The van der Waals surface area contributed by atoms with Crippen LogP contribution in [0.15, 0.2) is 0 Å². The Bertz CT molecular complexity index is 233. The van der Waals surface area contributed by atoms with E-state index < -0.39 is 12.1 Å². The van der Waals surface area contributed by atoms with E-state index in [1.54, 1.807) is 11.8 Å². The van der Waals surface area contributed by atoms with E-state index in [4.69, 9.17) is 5.73 Å². The Labute approximate surface area is 108 Å². The Kier molecular flexibility index (Phi) is 6.92. The van der Waals surface area contributed by atoms with E-state index in [1.165, 1.54) is 25.7 Å². The number of nitrogens with one attached hydrogen (secondary N) is 1. The molecule has 1 rings (SSSR count). The fraction of sp³-hybridized carbons (Fsp3) is 0.917. The molecule has 0 heterocycles. The number of carbonyl (C=O) groups is 1. The van der Waals surface area contributed by atoms with Crippen molar-refractivity contribution < 1.29 is 9.90 Å². The van der Waals surface area contributed by atoms with E-state index >= 15 is 0 Å². The fourth-order valence-electron chi connectivity index (χ4n) is 2.17. The van der Waals surface area contributed by atoms with Crippen LogP contribution >= 0.6 is 11.8 Å². The number of hydrogen-bond acceptors (Lipinski definition) is 4. The molecule has 4 N–H and O–H groups in total. The van der Waals surface area contributed by atoms with Gasteiger partial charge in [-0.15, -0.1) is 0 Å². The molecule has 1 saturated carbocycles. The number of amides is 1. The third-order valence-electron chi connectivity index (χ3n) is 3.37. The van der Waals surface area contributed by atoms with Crippen molar-refractivity contribution in [3.05, 3.63) is 0 Å². The summed E-state index contributed by atoms with van der Waals surface area (Å²) >= 11 is 1.67. The molecule has 0 aromatic rings. The van der Waals surface area contributed by atoms with Crippen LogP contribution in [0.25, 0.3) is 0 Å². The van der Waals surface area contributed by atoms with Crippen LogP contribution in [0.5, 0.6) is 0 Å². The average Bonchev–Trinajstić information content (AvgIpc) is 2.85. The average molecular weight is 260 g/mol. The summed E-state index contributed by atoms with van der Waals surface area (Å²) in [5.74, 6) is 1.15. The standard InChI is InChI=1S/C12H24N2O2S/c1-17-7-6-10(13)11(15)12(16)14-8-9-4-2-3-5-9/h9-11,15H,2-8,13H2,1H3,(H,14,16)/t10-,11?/m0/s1. The van der Waals surface area contributed by atoms with Crippen molar-refractivity contribution in [1.29, 1.82) is 0 Å². The minimum atomic E-state index is -1.07. The second-order valence-electron chi connectivity index (χ2n) is 4.79. The lowest BCUT2D eigenvalue weighted by Gasteiger charge is -2.19. The highest BCUT2D eigenvalue weighted by molar-refractivity contribution is 7.98. The third-order valence-corrected chi connectivity index (χ3v) is 4.01. The topological polar surface area (TPSA) is 75.3 Å². The molecule has 1 aliphatic carbocycles. The summed E-state index contributed by atoms with van der Waals surface area (Å²) in [5, 5.41) is 12.5. The lowest BCUT2D eigenvalue weighted by atomic mass is 10.1. The van der Waals surface area contributed by atoms with Crippen LogP contribution in [0, 0.1) is 5.92 Å². The zero-order valence-corrected chi connectivity index (χ0v) is 11.3. The highest BCUT2D eigenvalue weighted by Crippen LogP contribution is 2.23. The molecule has 1 amide bonds. The summed E-state index contributed by atoms with van der Waals surface area (Å²) in [4.78, 5) is 11.7. The molecule has 17 heavy (non-hydrogen) atoms. The number of hydrogen-bond donors (Lipinski definition) is 3. The van der Waals surface area contributed by atoms with Gasteiger partial charge in [-0.1, -0.05) is 12.8 Å². The van der Waals surface area contributed by atoms with Crippen LogP contribution in [0.2, 0.25) is 0 Å². The summed E-state index contributed by atoms with van der Waals surface area (Å²) in [6.07, 6.45) is 6.48. The largest absolute Gasteiger partial charge is 0.382 e. The molecule has 0 aromatic carbocycles. The Morgan fingerprint density at radius 1 is 1.53 bits per heavy atom. The van der Waals surface area contributed by atoms with Crippen molar-refractivity contribution >= 4 is 17.7 Å². The molecular weight excluding hydrogens is 236 g/mol. The van der Waals surface area contributed by atoms with Gasteiger partial charge in [-0.25, -0.2) is 0 Å². The van der Waals surface area contributed by atoms with Gasteiger partial charge in [-0.3, -0.25) is 4.79 Å². The summed E-state index contributed by atoms with van der Waals surface area (Å²) in [7, 11) is 0. The van der Waals surface area contributed by atoms with Crippen molar-refractivity contribution in [2.24, 2.45) is 11.7 Å². The summed E-state index contributed by atoms with van der Waals surface area (Å²) in [6, 6.07) is -0.453. The Morgan fingerprint density at radius 2 is 2.18 bits per heavy atom. The minimum Gasteiger partial charge on any atom is -0.382 e. The molecule has 5 heteroatoms. The molecule has 4 nitrogen and oxygen atoms in total. The van der Waals surface area contributed by atoms with Crippen LogP contribution in [0.1, 0.15) is 32.1 Å². The molecular formula is C12H24N2O2S. The van der Waals surface area contributed by atoms with Gasteiger partial charge in [-0.05, 0) is 37.2 Å². The number of carbonyl (C=O) groups excluding carboxylic acids is 1. The maximum absolute atomic E-state index is 11.7. The first-order chi connectivity index (χ1) is 8.15. The van der Waals surface area contributed by atoms with Gasteiger partial charge in [0.05, 0.1) is 0 Å². The van der Waals surface area contributed by atoms with Crippen molar-refractivity contribution in [2.45, 2.75) is 44.2 Å². The van der Waals surface area contributed by atoms with Crippen LogP contribution in [-0.4, -0.2) is 41.7 Å². The second kappa shape index (κ2) is 7.95. The number of aliphatic hydroxyl groups excluding tert-OH is 1. The highest BCUT2D eigenvalue weighted by Gasteiger charge is 2.23. The third kappa shape index (κ3) is 5.27. The lowest BCUT2D eigenvalue weighted by Crippen LogP contribution is -2.47. The smallest absolute Gasteiger partial charge is 0.250 e. The first-order valence-corrected chi connectivity index (χ1v) is 7.74. The maximum atomic E-state index is 11.7. The summed E-state index contributed by atoms with van der Waals surface area (Å²) in [5.41, 5.74) is 5.76. The zero-order valence-electron chi connectivity index (χ0n) is 10.5. The number of nitrogens with two attached hydrogens (primary N) is 1. The van der Waals surface area contributed by atoms with Gasteiger partial charge in [0.1, 0.15) is 6.10 Å². The van der Waals surface area contributed by atoms with E-state index in [0.717, 1.165) is 5.75 Å². The van der Waals surface area contributed by atoms with Gasteiger partial charge >= 0.3 is 0 Å². The minimum absolute atomic E-state index is 0.314. The molecule has 0 spiro atoms. The van der Waals surface area contributed by atoms with Crippen molar-refractivity contribution in [2.75, 3.05) is 18.6 Å². The van der Waals surface area contributed by atoms with E-state index in [-0.39, 0.29) is 5.91 Å². The number of rotatable bonds is 7. The second-order valence-corrected chi connectivity index (χ2v) is 5.77. The number of thioether (sulfide) groups is 1.